The van der Waals surface area contributed by atoms with Gasteiger partial charge in [-0.3, -0.25) is 9.59 Å². The maximum absolute atomic E-state index is 12.2. The van der Waals surface area contributed by atoms with E-state index in [-0.39, 0.29) is 0 Å². The Morgan fingerprint density at radius 2 is 1.30 bits per heavy atom. The second kappa shape index (κ2) is 13.6. The predicted octanol–water partition coefficient (Wildman–Crippen LogP) is -6.94. The largest absolute Gasteiger partial charge is 0.394 e. The lowest BCUT2D eigenvalue weighted by atomic mass is 9.95. The molecule has 11 N–H and O–H groups in total. The summed E-state index contributed by atoms with van der Waals surface area (Å²) in [6, 6.07) is -1.46. The molecule has 0 aromatic heterocycles. The molecule has 3 saturated heterocycles. The van der Waals surface area contributed by atoms with Crippen LogP contribution < -0.4 is 10.6 Å². The first kappa shape index (κ1) is 32.9. The minimum absolute atomic E-state index is 0.617. The molecular weight excluding hydrogens is 548 g/mol. The monoisotopic (exact) mass is 586 g/mol. The number of rotatable bonds is 9. The SMILES string of the molecule is CC(=O)N[C@@H]1[C@H](O[C@]2(NC(C)=O)C[C@@H](O[C@@H]3O[C@H](CO)[C@H](O)[C@H](O)[C@H]3O)[C@H](O)[C@@H](CO)O2)O[C@H](CO)[C@@H](O)[C@@H]1O. The third kappa shape index (κ3) is 7.05. The molecule has 3 aliphatic heterocycles. The van der Waals surface area contributed by atoms with Crippen molar-refractivity contribution in [2.24, 2.45) is 0 Å². The van der Waals surface area contributed by atoms with Crippen LogP contribution in [0.4, 0.5) is 0 Å². The highest BCUT2D eigenvalue weighted by Crippen LogP contribution is 2.36. The van der Waals surface area contributed by atoms with Gasteiger partial charge >= 0.3 is 0 Å². The Labute approximate surface area is 228 Å². The number of aliphatic hydroxyl groups excluding tert-OH is 9. The third-order valence-corrected chi connectivity index (χ3v) is 6.83. The number of hydrogen-bond acceptors (Lipinski definition) is 16. The molecule has 0 spiro atoms. The van der Waals surface area contributed by atoms with Gasteiger partial charge in [0.05, 0.1) is 32.3 Å². The first-order chi connectivity index (χ1) is 18.8. The Morgan fingerprint density at radius 3 is 1.82 bits per heavy atom. The molecule has 0 aromatic rings. The summed E-state index contributed by atoms with van der Waals surface area (Å²) in [7, 11) is 0. The van der Waals surface area contributed by atoms with Crippen LogP contribution in [-0.4, -0.2) is 163 Å². The van der Waals surface area contributed by atoms with Crippen molar-refractivity contribution in [3.63, 3.8) is 0 Å². The highest BCUT2D eigenvalue weighted by atomic mass is 16.8. The van der Waals surface area contributed by atoms with Crippen LogP contribution in [0.1, 0.15) is 20.3 Å². The Bertz CT molecular complexity index is 867. The van der Waals surface area contributed by atoms with Gasteiger partial charge in [-0.15, -0.1) is 0 Å². The van der Waals surface area contributed by atoms with Crippen molar-refractivity contribution in [1.82, 2.24) is 10.6 Å². The van der Waals surface area contributed by atoms with E-state index in [1.54, 1.807) is 0 Å². The molecule has 3 fully saturated rings. The Hall–Kier alpha value is -1.62. The molecule has 14 atom stereocenters. The number of hydrogen-bond donors (Lipinski definition) is 11. The molecule has 232 valence electrons. The summed E-state index contributed by atoms with van der Waals surface area (Å²) in [5.74, 6) is -3.74. The standard InChI is InChI=1S/C22H38N2O16/c1-7(28)23-13-17(33)15(31)10(4-25)37-20(13)40-22(24-8(2)29)3-9(14(30)12(6-27)39-22)36-21-19(35)18(34)16(32)11(5-26)38-21/h9-21,25-27,30-35H,3-6H2,1-2H3,(H,23,28)(H,24,29)/t9-,10-,11-,12-,13+,14+,15-,16+,17-,18+,19-,20+,21-,22+/m1/s1. The van der Waals surface area contributed by atoms with Gasteiger partial charge in [0.25, 0.3) is 5.91 Å². The van der Waals surface area contributed by atoms with Gasteiger partial charge in [0.2, 0.25) is 11.8 Å². The second-order valence-electron chi connectivity index (χ2n) is 9.89. The molecule has 0 aromatic carbocycles. The van der Waals surface area contributed by atoms with Crippen LogP contribution in [-0.2, 0) is 33.3 Å². The number of amides is 2. The molecule has 0 aliphatic carbocycles. The average molecular weight is 587 g/mol. The fourth-order valence-electron chi connectivity index (χ4n) is 4.83. The second-order valence-corrected chi connectivity index (χ2v) is 9.89. The topological polar surface area (TPSA) is 286 Å². The fourth-order valence-corrected chi connectivity index (χ4v) is 4.83. The van der Waals surface area contributed by atoms with Crippen LogP contribution in [0.5, 0.6) is 0 Å². The van der Waals surface area contributed by atoms with E-state index >= 15 is 0 Å². The normalized spacial score (nSPS) is 46.0. The van der Waals surface area contributed by atoms with E-state index in [4.69, 9.17) is 23.7 Å². The number of nitrogens with one attached hydrogen (secondary N) is 2. The smallest absolute Gasteiger partial charge is 0.256 e. The number of aliphatic hydroxyl groups is 9. The number of carbonyl (C=O) groups is 2. The Morgan fingerprint density at radius 1 is 0.750 bits per heavy atom. The summed E-state index contributed by atoms with van der Waals surface area (Å²) in [5.41, 5.74) is 0. The lowest BCUT2D eigenvalue weighted by molar-refractivity contribution is -0.406. The number of ether oxygens (including phenoxy) is 5. The van der Waals surface area contributed by atoms with Crippen molar-refractivity contribution in [1.29, 1.82) is 0 Å². The zero-order valence-electron chi connectivity index (χ0n) is 21.7. The molecule has 18 heteroatoms. The van der Waals surface area contributed by atoms with Crippen molar-refractivity contribution in [3.05, 3.63) is 0 Å². The van der Waals surface area contributed by atoms with Gasteiger partial charge in [-0.25, -0.2) is 0 Å². The highest BCUT2D eigenvalue weighted by Gasteiger charge is 2.55. The zero-order chi connectivity index (χ0) is 29.9. The zero-order valence-corrected chi connectivity index (χ0v) is 21.7. The molecule has 0 saturated carbocycles. The molecule has 3 rings (SSSR count). The summed E-state index contributed by atoms with van der Waals surface area (Å²) >= 11 is 0. The lowest BCUT2D eigenvalue weighted by Gasteiger charge is -2.50. The summed E-state index contributed by atoms with van der Waals surface area (Å²) < 4.78 is 28.1. The molecule has 40 heavy (non-hydrogen) atoms. The van der Waals surface area contributed by atoms with Gasteiger partial charge in [0.1, 0.15) is 61.0 Å². The third-order valence-electron chi connectivity index (χ3n) is 6.83. The molecular formula is C22H38N2O16. The number of carbonyl (C=O) groups excluding carboxylic acids is 2. The minimum Gasteiger partial charge on any atom is -0.394 e. The molecule has 18 nitrogen and oxygen atoms in total. The molecule has 0 unspecified atom stereocenters. The van der Waals surface area contributed by atoms with E-state index in [1.165, 1.54) is 0 Å². The van der Waals surface area contributed by atoms with Gasteiger partial charge in [0, 0.05) is 13.8 Å². The molecule has 0 radical (unpaired) electrons. The van der Waals surface area contributed by atoms with E-state index in [9.17, 15) is 55.5 Å². The summed E-state index contributed by atoms with van der Waals surface area (Å²) in [5, 5.41) is 95.9. The minimum atomic E-state index is -2.32. The van der Waals surface area contributed by atoms with Crippen molar-refractivity contribution in [3.8, 4) is 0 Å². The van der Waals surface area contributed by atoms with Crippen molar-refractivity contribution < 1.29 is 79.2 Å². The predicted molar refractivity (Wildman–Crippen MR) is 124 cm³/mol. The van der Waals surface area contributed by atoms with Crippen LogP contribution in [0, 0.1) is 0 Å². The first-order valence-corrected chi connectivity index (χ1v) is 12.6. The van der Waals surface area contributed by atoms with E-state index < -0.39 is 124 Å². The van der Waals surface area contributed by atoms with E-state index in [0.29, 0.717) is 0 Å². The van der Waals surface area contributed by atoms with Gasteiger partial charge in [-0.2, -0.15) is 0 Å². The maximum atomic E-state index is 12.2. The fraction of sp³-hybridized carbons (Fsp3) is 0.909. The van der Waals surface area contributed by atoms with E-state index in [0.717, 1.165) is 13.8 Å². The van der Waals surface area contributed by atoms with Crippen LogP contribution in [0.15, 0.2) is 0 Å². The molecule has 2 amide bonds. The van der Waals surface area contributed by atoms with Crippen molar-refractivity contribution >= 4 is 11.8 Å². The summed E-state index contributed by atoms with van der Waals surface area (Å²) in [6.45, 7) is -0.217. The maximum Gasteiger partial charge on any atom is 0.256 e. The summed E-state index contributed by atoms with van der Waals surface area (Å²) in [4.78, 5) is 24.0. The highest BCUT2D eigenvalue weighted by molar-refractivity contribution is 5.73. The van der Waals surface area contributed by atoms with Gasteiger partial charge < -0.3 is 80.3 Å². The quantitative estimate of drug-likeness (QED) is 0.112. The van der Waals surface area contributed by atoms with Crippen LogP contribution in [0.2, 0.25) is 0 Å². The first-order valence-electron chi connectivity index (χ1n) is 12.6. The Balaban J connectivity index is 1.93. The Kier molecular flexibility index (Phi) is 11.2. The van der Waals surface area contributed by atoms with Crippen molar-refractivity contribution in [2.45, 2.75) is 106 Å². The average Bonchev–Trinajstić information content (AvgIpc) is 2.89. The van der Waals surface area contributed by atoms with Crippen LogP contribution >= 0.6 is 0 Å². The van der Waals surface area contributed by atoms with Gasteiger partial charge in [-0.1, -0.05) is 0 Å². The van der Waals surface area contributed by atoms with E-state index in [2.05, 4.69) is 10.6 Å². The van der Waals surface area contributed by atoms with Crippen molar-refractivity contribution in [2.75, 3.05) is 19.8 Å². The molecule has 0 bridgehead atoms. The van der Waals surface area contributed by atoms with Gasteiger partial charge in [0.15, 0.2) is 12.6 Å². The van der Waals surface area contributed by atoms with Gasteiger partial charge in [-0.05, 0) is 0 Å². The van der Waals surface area contributed by atoms with E-state index in [1.807, 2.05) is 0 Å². The van der Waals surface area contributed by atoms with Crippen LogP contribution in [0.25, 0.3) is 0 Å². The lowest BCUT2D eigenvalue weighted by Crippen LogP contribution is -2.70. The van der Waals surface area contributed by atoms with Crippen LogP contribution in [0.3, 0.4) is 0 Å². The molecule has 3 aliphatic rings. The summed E-state index contributed by atoms with van der Waals surface area (Å²) in [6.07, 6.45) is -20.2. The molecule has 3 heterocycles.